The fraction of sp³-hybridized carbons (Fsp3) is 0.923. The molecule has 0 aromatic heterocycles. The van der Waals surface area contributed by atoms with E-state index < -0.39 is 0 Å². The number of nitrogens with zero attached hydrogens (tertiary/aromatic N) is 1. The van der Waals surface area contributed by atoms with E-state index in [4.69, 9.17) is 10.5 Å². The van der Waals surface area contributed by atoms with Gasteiger partial charge in [0.05, 0.1) is 24.6 Å². The standard InChI is InChI=1S/C13H24N2O3S/c1-19-9-12(17)15-5-2-13(3-6-15)10(16)8-11(13)18-7-4-14/h10-11,16H,2-9,14H2,1H3/t10-,11+/m0/s1. The van der Waals surface area contributed by atoms with Crippen LogP contribution in [-0.4, -0.2) is 66.4 Å². The first-order valence-electron chi connectivity index (χ1n) is 6.90. The summed E-state index contributed by atoms with van der Waals surface area (Å²) in [5.41, 5.74) is 5.33. The van der Waals surface area contributed by atoms with Crippen LogP contribution >= 0.6 is 11.8 Å². The third-order valence-corrected chi connectivity index (χ3v) is 5.03. The van der Waals surface area contributed by atoms with E-state index in [1.54, 1.807) is 11.8 Å². The number of hydrogen-bond donors (Lipinski definition) is 2. The lowest BCUT2D eigenvalue weighted by Gasteiger charge is -2.56. The Morgan fingerprint density at radius 3 is 2.74 bits per heavy atom. The number of ether oxygens (including phenoxy) is 1. The van der Waals surface area contributed by atoms with Crippen LogP contribution in [0.25, 0.3) is 0 Å². The number of hydrogen-bond acceptors (Lipinski definition) is 5. The molecule has 0 radical (unpaired) electrons. The number of likely N-dealkylation sites (tertiary alicyclic amines) is 1. The van der Waals surface area contributed by atoms with Gasteiger partial charge in [0.25, 0.3) is 0 Å². The maximum Gasteiger partial charge on any atom is 0.232 e. The van der Waals surface area contributed by atoms with Gasteiger partial charge in [-0.05, 0) is 19.1 Å². The Labute approximate surface area is 118 Å². The van der Waals surface area contributed by atoms with Crippen LogP contribution in [-0.2, 0) is 9.53 Å². The zero-order chi connectivity index (χ0) is 13.9. The molecule has 2 rings (SSSR count). The minimum absolute atomic E-state index is 0.115. The molecule has 0 unspecified atom stereocenters. The maximum absolute atomic E-state index is 11.8. The molecule has 1 aliphatic heterocycles. The predicted molar refractivity (Wildman–Crippen MR) is 76.0 cm³/mol. The highest BCUT2D eigenvalue weighted by atomic mass is 32.2. The molecule has 1 saturated carbocycles. The molecule has 110 valence electrons. The fourth-order valence-electron chi connectivity index (χ4n) is 3.21. The van der Waals surface area contributed by atoms with Gasteiger partial charge in [0, 0.05) is 31.5 Å². The predicted octanol–water partition coefficient (Wildman–Crippen LogP) is 0.0667. The highest BCUT2D eigenvalue weighted by molar-refractivity contribution is 7.99. The summed E-state index contributed by atoms with van der Waals surface area (Å²) in [6.07, 6.45) is 4.15. The minimum Gasteiger partial charge on any atom is -0.392 e. The molecule has 1 spiro atoms. The Bertz CT molecular complexity index is 319. The van der Waals surface area contributed by atoms with Crippen LogP contribution in [0.2, 0.25) is 0 Å². The summed E-state index contributed by atoms with van der Waals surface area (Å²) in [4.78, 5) is 13.8. The van der Waals surface area contributed by atoms with Crippen molar-refractivity contribution in [2.24, 2.45) is 11.1 Å². The van der Waals surface area contributed by atoms with E-state index in [2.05, 4.69) is 0 Å². The van der Waals surface area contributed by atoms with Gasteiger partial charge >= 0.3 is 0 Å². The number of rotatable bonds is 5. The van der Waals surface area contributed by atoms with Gasteiger partial charge in [-0.15, -0.1) is 0 Å². The zero-order valence-corrected chi connectivity index (χ0v) is 12.3. The summed E-state index contributed by atoms with van der Waals surface area (Å²) >= 11 is 1.56. The number of aliphatic hydroxyl groups is 1. The van der Waals surface area contributed by atoms with E-state index in [1.807, 2.05) is 11.2 Å². The number of thioether (sulfide) groups is 1. The van der Waals surface area contributed by atoms with E-state index in [9.17, 15) is 9.90 Å². The van der Waals surface area contributed by atoms with Crippen molar-refractivity contribution in [2.75, 3.05) is 38.2 Å². The molecule has 3 N–H and O–H groups in total. The molecule has 1 heterocycles. The Morgan fingerprint density at radius 1 is 1.53 bits per heavy atom. The molecule has 2 aliphatic rings. The van der Waals surface area contributed by atoms with E-state index in [-0.39, 0.29) is 23.5 Å². The summed E-state index contributed by atoms with van der Waals surface area (Å²) in [6, 6.07) is 0. The second-order valence-electron chi connectivity index (χ2n) is 5.45. The van der Waals surface area contributed by atoms with Crippen LogP contribution in [0, 0.1) is 5.41 Å². The quantitative estimate of drug-likeness (QED) is 0.748. The van der Waals surface area contributed by atoms with Crippen molar-refractivity contribution in [3.05, 3.63) is 0 Å². The third-order valence-electron chi connectivity index (χ3n) is 4.49. The molecule has 2 atom stereocenters. The molecule has 0 aromatic carbocycles. The SMILES string of the molecule is CSCC(=O)N1CCC2(CC1)[C@@H](O)C[C@H]2OCCN. The van der Waals surface area contributed by atoms with Crippen LogP contribution in [0.4, 0.5) is 0 Å². The molecular formula is C13H24N2O3S. The van der Waals surface area contributed by atoms with Crippen molar-refractivity contribution in [1.82, 2.24) is 4.90 Å². The van der Waals surface area contributed by atoms with Gasteiger partial charge in [-0.3, -0.25) is 4.79 Å². The molecule has 6 heteroatoms. The molecule has 5 nitrogen and oxygen atoms in total. The molecule has 2 fully saturated rings. The summed E-state index contributed by atoms with van der Waals surface area (Å²) < 4.78 is 5.74. The lowest BCUT2D eigenvalue weighted by Crippen LogP contribution is -2.63. The molecule has 1 amide bonds. The van der Waals surface area contributed by atoms with E-state index >= 15 is 0 Å². The number of carbonyl (C=O) groups is 1. The Morgan fingerprint density at radius 2 is 2.21 bits per heavy atom. The van der Waals surface area contributed by atoms with Crippen LogP contribution in [0.3, 0.4) is 0 Å². The normalized spacial score (nSPS) is 29.3. The van der Waals surface area contributed by atoms with Crippen molar-refractivity contribution in [1.29, 1.82) is 0 Å². The van der Waals surface area contributed by atoms with E-state index in [0.29, 0.717) is 25.3 Å². The summed E-state index contributed by atoms with van der Waals surface area (Å²) in [6.45, 7) is 2.53. The van der Waals surface area contributed by atoms with Crippen molar-refractivity contribution in [2.45, 2.75) is 31.5 Å². The summed E-state index contributed by atoms with van der Waals surface area (Å²) in [7, 11) is 0. The molecule has 0 aromatic rings. The molecule has 0 bridgehead atoms. The Hall–Kier alpha value is -0.300. The van der Waals surface area contributed by atoms with Gasteiger partial charge in [0.2, 0.25) is 5.91 Å². The monoisotopic (exact) mass is 288 g/mol. The topological polar surface area (TPSA) is 75.8 Å². The Kier molecular flexibility index (Phi) is 5.11. The zero-order valence-electron chi connectivity index (χ0n) is 11.5. The van der Waals surface area contributed by atoms with Crippen molar-refractivity contribution in [3.8, 4) is 0 Å². The second-order valence-corrected chi connectivity index (χ2v) is 6.31. The molecule has 19 heavy (non-hydrogen) atoms. The van der Waals surface area contributed by atoms with Gasteiger partial charge in [0.15, 0.2) is 0 Å². The van der Waals surface area contributed by atoms with Gasteiger partial charge < -0.3 is 20.5 Å². The number of piperidine rings is 1. The van der Waals surface area contributed by atoms with Gasteiger partial charge in [-0.25, -0.2) is 0 Å². The highest BCUT2D eigenvalue weighted by Gasteiger charge is 2.56. The summed E-state index contributed by atoms with van der Waals surface area (Å²) in [5, 5.41) is 10.1. The second kappa shape index (κ2) is 6.43. The third kappa shape index (κ3) is 2.91. The molecule has 1 aliphatic carbocycles. The number of aliphatic hydroxyl groups excluding tert-OH is 1. The first-order chi connectivity index (χ1) is 9.14. The average Bonchev–Trinajstić information content (AvgIpc) is 2.43. The number of nitrogens with two attached hydrogens (primary N) is 1. The van der Waals surface area contributed by atoms with Gasteiger partial charge in [-0.1, -0.05) is 0 Å². The first kappa shape index (κ1) is 15.1. The van der Waals surface area contributed by atoms with Gasteiger partial charge in [-0.2, -0.15) is 11.8 Å². The van der Waals surface area contributed by atoms with Crippen molar-refractivity contribution in [3.63, 3.8) is 0 Å². The largest absolute Gasteiger partial charge is 0.392 e. The smallest absolute Gasteiger partial charge is 0.232 e. The fourth-order valence-corrected chi connectivity index (χ4v) is 3.64. The minimum atomic E-state index is -0.284. The maximum atomic E-state index is 11.8. The lowest BCUT2D eigenvalue weighted by atomic mass is 9.58. The molecule has 1 saturated heterocycles. The summed E-state index contributed by atoms with van der Waals surface area (Å²) in [5.74, 6) is 0.749. The van der Waals surface area contributed by atoms with E-state index in [1.165, 1.54) is 0 Å². The first-order valence-corrected chi connectivity index (χ1v) is 8.30. The average molecular weight is 288 g/mol. The van der Waals surface area contributed by atoms with Crippen molar-refractivity contribution < 1.29 is 14.6 Å². The molecular weight excluding hydrogens is 264 g/mol. The number of amides is 1. The number of carbonyl (C=O) groups excluding carboxylic acids is 1. The van der Waals surface area contributed by atoms with Gasteiger partial charge in [0.1, 0.15) is 0 Å². The van der Waals surface area contributed by atoms with Crippen LogP contribution < -0.4 is 5.73 Å². The van der Waals surface area contributed by atoms with Crippen molar-refractivity contribution >= 4 is 17.7 Å². The van der Waals surface area contributed by atoms with Crippen LogP contribution in [0.1, 0.15) is 19.3 Å². The van der Waals surface area contributed by atoms with E-state index in [0.717, 1.165) is 25.9 Å². The van der Waals surface area contributed by atoms with Crippen LogP contribution in [0.15, 0.2) is 0 Å². The van der Waals surface area contributed by atoms with Crippen LogP contribution in [0.5, 0.6) is 0 Å². The highest BCUT2D eigenvalue weighted by Crippen LogP contribution is 2.50. The lowest BCUT2D eigenvalue weighted by molar-refractivity contribution is -0.210. The Balaban J connectivity index is 1.88.